The van der Waals surface area contributed by atoms with E-state index in [0.717, 1.165) is 11.3 Å². The lowest BCUT2D eigenvalue weighted by Gasteiger charge is -2.06. The van der Waals surface area contributed by atoms with E-state index in [1.54, 1.807) is 38.5 Å². The molecule has 0 unspecified atom stereocenters. The highest BCUT2D eigenvalue weighted by Gasteiger charge is 2.11. The Bertz CT molecular complexity index is 1010. The number of carbonyl (C=O) groups is 1. The number of hydrogen-bond acceptors (Lipinski definition) is 6. The number of amides is 1. The molecule has 3 aromatic rings. The van der Waals surface area contributed by atoms with Gasteiger partial charge in [-0.15, -0.1) is 0 Å². The summed E-state index contributed by atoms with van der Waals surface area (Å²) in [5, 5.41) is 10.9. The second-order valence-electron chi connectivity index (χ2n) is 5.93. The maximum atomic E-state index is 12.3. The lowest BCUT2D eigenvalue weighted by atomic mass is 10.1. The zero-order chi connectivity index (χ0) is 20.6. The van der Waals surface area contributed by atoms with Gasteiger partial charge in [0.05, 0.1) is 32.7 Å². The Hall–Kier alpha value is -3.81. The predicted molar refractivity (Wildman–Crippen MR) is 110 cm³/mol. The van der Waals surface area contributed by atoms with E-state index >= 15 is 0 Å². The van der Waals surface area contributed by atoms with Gasteiger partial charge in [0.2, 0.25) is 0 Å². The van der Waals surface area contributed by atoms with Crippen LogP contribution in [0.1, 0.15) is 23.0 Å². The number of aromatic nitrogens is 2. The van der Waals surface area contributed by atoms with Crippen LogP contribution in [0.2, 0.25) is 0 Å². The highest BCUT2D eigenvalue weighted by Crippen LogP contribution is 2.23. The summed E-state index contributed by atoms with van der Waals surface area (Å²) in [6, 6.07) is 14.5. The molecular formula is C21H22N4O4. The van der Waals surface area contributed by atoms with Gasteiger partial charge in [-0.25, -0.2) is 5.43 Å². The Morgan fingerprint density at radius 3 is 2.76 bits per heavy atom. The molecule has 0 saturated heterocycles. The van der Waals surface area contributed by atoms with E-state index in [1.165, 1.54) is 6.21 Å². The number of rotatable bonds is 8. The minimum absolute atomic E-state index is 0.288. The number of carbonyl (C=O) groups excluding carboxylic acids is 1. The largest absolute Gasteiger partial charge is 0.497 e. The number of hydrazone groups is 1. The molecule has 8 nitrogen and oxygen atoms in total. The normalized spacial score (nSPS) is 10.7. The number of hydrogen-bond donors (Lipinski definition) is 2. The number of H-pyrrole nitrogens is 1. The molecule has 1 heterocycles. The van der Waals surface area contributed by atoms with Gasteiger partial charge < -0.3 is 14.2 Å². The average Bonchev–Trinajstić information content (AvgIpc) is 3.24. The molecule has 3 rings (SSSR count). The highest BCUT2D eigenvalue weighted by atomic mass is 16.5. The summed E-state index contributed by atoms with van der Waals surface area (Å²) in [5.41, 5.74) is 4.91. The highest BCUT2D eigenvalue weighted by molar-refractivity contribution is 5.94. The summed E-state index contributed by atoms with van der Waals surface area (Å²) in [6.07, 6.45) is 1.49. The van der Waals surface area contributed by atoms with Crippen molar-refractivity contribution in [2.75, 3.05) is 20.8 Å². The topological polar surface area (TPSA) is 97.8 Å². The van der Waals surface area contributed by atoms with Crippen LogP contribution >= 0.6 is 0 Å². The molecule has 29 heavy (non-hydrogen) atoms. The summed E-state index contributed by atoms with van der Waals surface area (Å²) in [4.78, 5) is 12.3. The minimum atomic E-state index is -0.414. The van der Waals surface area contributed by atoms with Crippen LogP contribution in [0.5, 0.6) is 17.2 Å². The van der Waals surface area contributed by atoms with Crippen molar-refractivity contribution in [1.29, 1.82) is 0 Å². The summed E-state index contributed by atoms with van der Waals surface area (Å²) in [5.74, 6) is 1.60. The van der Waals surface area contributed by atoms with Crippen LogP contribution in [-0.2, 0) is 0 Å². The van der Waals surface area contributed by atoms with E-state index in [4.69, 9.17) is 14.2 Å². The molecular weight excluding hydrogens is 372 g/mol. The number of nitrogens with one attached hydrogen (secondary N) is 2. The molecule has 0 aliphatic carbocycles. The zero-order valence-corrected chi connectivity index (χ0v) is 16.4. The van der Waals surface area contributed by atoms with Gasteiger partial charge in [-0.1, -0.05) is 12.1 Å². The molecule has 2 aromatic carbocycles. The van der Waals surface area contributed by atoms with Gasteiger partial charge in [0.15, 0.2) is 0 Å². The maximum absolute atomic E-state index is 12.3. The van der Waals surface area contributed by atoms with Crippen molar-refractivity contribution in [3.8, 4) is 28.5 Å². The van der Waals surface area contributed by atoms with Crippen LogP contribution in [0.15, 0.2) is 53.6 Å². The summed E-state index contributed by atoms with van der Waals surface area (Å²) in [7, 11) is 3.13. The van der Waals surface area contributed by atoms with Crippen molar-refractivity contribution < 1.29 is 19.0 Å². The lowest BCUT2D eigenvalue weighted by molar-refractivity contribution is 0.0950. The molecule has 0 aliphatic heterocycles. The fourth-order valence-corrected chi connectivity index (χ4v) is 2.66. The van der Waals surface area contributed by atoms with Crippen LogP contribution in [0.4, 0.5) is 0 Å². The summed E-state index contributed by atoms with van der Waals surface area (Å²) < 4.78 is 16.0. The number of benzene rings is 2. The fourth-order valence-electron chi connectivity index (χ4n) is 2.66. The molecule has 0 bridgehead atoms. The molecule has 0 aliphatic rings. The van der Waals surface area contributed by atoms with Crippen molar-refractivity contribution in [2.45, 2.75) is 6.92 Å². The van der Waals surface area contributed by atoms with Gasteiger partial charge in [-0.05, 0) is 43.3 Å². The van der Waals surface area contributed by atoms with E-state index in [1.807, 2.05) is 31.2 Å². The fraction of sp³-hybridized carbons (Fsp3) is 0.190. The second kappa shape index (κ2) is 9.41. The van der Waals surface area contributed by atoms with Crippen LogP contribution < -0.4 is 19.6 Å². The van der Waals surface area contributed by atoms with E-state index < -0.39 is 5.91 Å². The van der Waals surface area contributed by atoms with Crippen molar-refractivity contribution >= 4 is 12.1 Å². The van der Waals surface area contributed by atoms with E-state index in [2.05, 4.69) is 20.7 Å². The number of aromatic amines is 1. The standard InChI is InChI=1S/C21H22N4O4/c1-4-29-17-7-5-6-14(10-17)18-12-19(24-23-18)21(26)25-22-13-15-11-16(27-2)8-9-20(15)28-3/h5-13H,4H2,1-3H3,(H,23,24)(H,25,26). The summed E-state index contributed by atoms with van der Waals surface area (Å²) in [6.45, 7) is 2.50. The Balaban J connectivity index is 1.70. The van der Waals surface area contributed by atoms with Crippen molar-refractivity contribution in [3.63, 3.8) is 0 Å². The molecule has 0 spiro atoms. The zero-order valence-electron chi connectivity index (χ0n) is 16.4. The van der Waals surface area contributed by atoms with Crippen LogP contribution in [-0.4, -0.2) is 43.1 Å². The van der Waals surface area contributed by atoms with Gasteiger partial charge >= 0.3 is 0 Å². The third-order valence-electron chi connectivity index (χ3n) is 4.07. The molecule has 0 saturated carbocycles. The Labute approximate surface area is 168 Å². The SMILES string of the molecule is CCOc1cccc(-c2cc(C(=O)NN=Cc3cc(OC)ccc3OC)[nH]n2)c1. The first-order valence-corrected chi connectivity index (χ1v) is 8.98. The first kappa shape index (κ1) is 19.9. The Morgan fingerprint density at radius 2 is 2.00 bits per heavy atom. The smallest absolute Gasteiger partial charge is 0.289 e. The van der Waals surface area contributed by atoms with Gasteiger partial charge in [-0.3, -0.25) is 9.89 Å². The van der Waals surface area contributed by atoms with Gasteiger partial charge in [-0.2, -0.15) is 10.2 Å². The van der Waals surface area contributed by atoms with E-state index in [9.17, 15) is 4.79 Å². The Morgan fingerprint density at radius 1 is 1.14 bits per heavy atom. The quantitative estimate of drug-likeness (QED) is 0.451. The van der Waals surface area contributed by atoms with E-state index in [-0.39, 0.29) is 5.69 Å². The van der Waals surface area contributed by atoms with Gasteiger partial charge in [0, 0.05) is 11.1 Å². The Kier molecular flexibility index (Phi) is 6.47. The van der Waals surface area contributed by atoms with Crippen LogP contribution in [0.25, 0.3) is 11.3 Å². The molecule has 2 N–H and O–H groups in total. The first-order valence-electron chi connectivity index (χ1n) is 8.98. The summed E-state index contributed by atoms with van der Waals surface area (Å²) >= 11 is 0. The third-order valence-corrected chi connectivity index (χ3v) is 4.07. The first-order chi connectivity index (χ1) is 14.1. The monoisotopic (exact) mass is 394 g/mol. The maximum Gasteiger partial charge on any atom is 0.289 e. The minimum Gasteiger partial charge on any atom is -0.497 e. The van der Waals surface area contributed by atoms with Gasteiger partial charge in [0.25, 0.3) is 5.91 Å². The van der Waals surface area contributed by atoms with Crippen molar-refractivity contribution in [1.82, 2.24) is 15.6 Å². The second-order valence-corrected chi connectivity index (χ2v) is 5.93. The van der Waals surface area contributed by atoms with E-state index in [0.29, 0.717) is 29.4 Å². The van der Waals surface area contributed by atoms with Crippen LogP contribution in [0, 0.1) is 0 Å². The van der Waals surface area contributed by atoms with Crippen molar-refractivity contribution in [2.24, 2.45) is 5.10 Å². The molecule has 8 heteroatoms. The number of methoxy groups -OCH3 is 2. The predicted octanol–water partition coefficient (Wildman–Crippen LogP) is 3.26. The number of ether oxygens (including phenoxy) is 3. The van der Waals surface area contributed by atoms with Crippen LogP contribution in [0.3, 0.4) is 0 Å². The number of nitrogens with zero attached hydrogens (tertiary/aromatic N) is 2. The third kappa shape index (κ3) is 4.92. The average molecular weight is 394 g/mol. The molecule has 1 amide bonds. The van der Waals surface area contributed by atoms with Crippen molar-refractivity contribution in [3.05, 3.63) is 59.8 Å². The molecule has 0 atom stereocenters. The molecule has 150 valence electrons. The van der Waals surface area contributed by atoms with Gasteiger partial charge in [0.1, 0.15) is 22.9 Å². The molecule has 0 fully saturated rings. The molecule has 0 radical (unpaired) electrons. The lowest BCUT2D eigenvalue weighted by Crippen LogP contribution is -2.18. The molecule has 1 aromatic heterocycles.